The first-order chi connectivity index (χ1) is 16.6. The number of nitro groups is 1. The van der Waals surface area contributed by atoms with Crippen LogP contribution in [0.3, 0.4) is 0 Å². The summed E-state index contributed by atoms with van der Waals surface area (Å²) in [6.45, 7) is 6.58. The number of rotatable bonds is 10. The van der Waals surface area contributed by atoms with E-state index in [2.05, 4.69) is 5.32 Å². The Morgan fingerprint density at radius 1 is 1.14 bits per heavy atom. The first kappa shape index (κ1) is 29.1. The molecule has 0 aliphatic carbocycles. The molecule has 0 spiro atoms. The SMILES string of the molecule is CC[C@H](C(=O)NC(C)(C)C)N(Cc1ccc(Cl)cc1)C(=O)CN(c1cccc([N+](=O)[O-])c1)S(C)(=O)=O. The van der Waals surface area contributed by atoms with Crippen molar-refractivity contribution >= 4 is 44.8 Å². The number of carbonyl (C=O) groups is 2. The van der Waals surface area contributed by atoms with Gasteiger partial charge in [-0.05, 0) is 51.0 Å². The number of hydrogen-bond donors (Lipinski definition) is 1. The minimum Gasteiger partial charge on any atom is -0.350 e. The first-order valence-corrected chi connectivity index (χ1v) is 13.4. The molecule has 196 valence electrons. The van der Waals surface area contributed by atoms with E-state index in [4.69, 9.17) is 11.6 Å². The molecule has 0 saturated carbocycles. The maximum atomic E-state index is 13.6. The summed E-state index contributed by atoms with van der Waals surface area (Å²) < 4.78 is 26.0. The van der Waals surface area contributed by atoms with E-state index >= 15 is 0 Å². The molecule has 0 saturated heterocycles. The van der Waals surface area contributed by atoms with Gasteiger partial charge in [0.05, 0.1) is 16.9 Å². The molecule has 0 radical (unpaired) electrons. The molecule has 0 unspecified atom stereocenters. The Bertz CT molecular complexity index is 1210. The first-order valence-electron chi connectivity index (χ1n) is 11.2. The van der Waals surface area contributed by atoms with Crippen LogP contribution < -0.4 is 9.62 Å². The van der Waals surface area contributed by atoms with Crippen LogP contribution in [-0.4, -0.2) is 54.4 Å². The fourth-order valence-corrected chi connectivity index (χ4v) is 4.50. The van der Waals surface area contributed by atoms with Crippen molar-refractivity contribution in [1.29, 1.82) is 0 Å². The van der Waals surface area contributed by atoms with Crippen molar-refractivity contribution in [1.82, 2.24) is 10.2 Å². The van der Waals surface area contributed by atoms with Gasteiger partial charge in [0.25, 0.3) is 5.69 Å². The molecule has 12 heteroatoms. The van der Waals surface area contributed by atoms with Crippen LogP contribution in [0.25, 0.3) is 0 Å². The second kappa shape index (κ2) is 11.7. The Morgan fingerprint density at radius 3 is 2.25 bits per heavy atom. The second-order valence-electron chi connectivity index (χ2n) is 9.36. The number of amides is 2. The lowest BCUT2D eigenvalue weighted by atomic mass is 10.1. The van der Waals surface area contributed by atoms with E-state index < -0.39 is 39.0 Å². The molecule has 0 aromatic heterocycles. The van der Waals surface area contributed by atoms with E-state index in [1.807, 2.05) is 20.8 Å². The third kappa shape index (κ3) is 8.20. The summed E-state index contributed by atoms with van der Waals surface area (Å²) in [5, 5.41) is 14.6. The third-order valence-electron chi connectivity index (χ3n) is 5.16. The molecule has 36 heavy (non-hydrogen) atoms. The Hall–Kier alpha value is -3.18. The number of benzene rings is 2. The lowest BCUT2D eigenvalue weighted by Crippen LogP contribution is -2.55. The van der Waals surface area contributed by atoms with E-state index in [-0.39, 0.29) is 30.2 Å². The highest BCUT2D eigenvalue weighted by atomic mass is 35.5. The van der Waals surface area contributed by atoms with E-state index in [1.54, 1.807) is 31.2 Å². The molecule has 2 rings (SSSR count). The van der Waals surface area contributed by atoms with Crippen LogP contribution in [-0.2, 0) is 26.2 Å². The van der Waals surface area contributed by atoms with Gasteiger partial charge in [0.15, 0.2) is 0 Å². The van der Waals surface area contributed by atoms with Crippen molar-refractivity contribution < 1.29 is 22.9 Å². The van der Waals surface area contributed by atoms with Crippen molar-refractivity contribution in [2.45, 2.75) is 52.2 Å². The molecule has 2 aromatic carbocycles. The van der Waals surface area contributed by atoms with Crippen LogP contribution in [0.1, 0.15) is 39.7 Å². The van der Waals surface area contributed by atoms with Gasteiger partial charge in [-0.25, -0.2) is 8.42 Å². The fraction of sp³-hybridized carbons (Fsp3) is 0.417. The molecular formula is C24H31ClN4O6S. The van der Waals surface area contributed by atoms with E-state index in [1.165, 1.54) is 23.1 Å². The zero-order valence-corrected chi connectivity index (χ0v) is 22.5. The zero-order chi connectivity index (χ0) is 27.3. The summed E-state index contributed by atoms with van der Waals surface area (Å²) >= 11 is 5.98. The van der Waals surface area contributed by atoms with Crippen LogP contribution in [0.15, 0.2) is 48.5 Å². The van der Waals surface area contributed by atoms with Crippen LogP contribution in [0.2, 0.25) is 5.02 Å². The van der Waals surface area contributed by atoms with Gasteiger partial charge in [-0.15, -0.1) is 0 Å². The van der Waals surface area contributed by atoms with E-state index in [0.717, 1.165) is 16.6 Å². The predicted molar refractivity (Wildman–Crippen MR) is 139 cm³/mol. The molecule has 1 atom stereocenters. The molecule has 0 aliphatic heterocycles. The fourth-order valence-electron chi connectivity index (χ4n) is 3.53. The van der Waals surface area contributed by atoms with Gasteiger partial charge in [-0.3, -0.25) is 24.0 Å². The highest BCUT2D eigenvalue weighted by molar-refractivity contribution is 7.92. The summed E-state index contributed by atoms with van der Waals surface area (Å²) in [4.78, 5) is 38.6. The number of carbonyl (C=O) groups excluding carboxylic acids is 2. The zero-order valence-electron chi connectivity index (χ0n) is 20.9. The monoisotopic (exact) mass is 538 g/mol. The highest BCUT2D eigenvalue weighted by Crippen LogP contribution is 2.24. The molecule has 0 bridgehead atoms. The second-order valence-corrected chi connectivity index (χ2v) is 11.7. The van der Waals surface area contributed by atoms with E-state index in [9.17, 15) is 28.1 Å². The van der Waals surface area contributed by atoms with Gasteiger partial charge in [0.2, 0.25) is 21.8 Å². The van der Waals surface area contributed by atoms with Gasteiger partial charge >= 0.3 is 0 Å². The number of nitrogens with zero attached hydrogens (tertiary/aromatic N) is 3. The lowest BCUT2D eigenvalue weighted by Gasteiger charge is -2.34. The van der Waals surface area contributed by atoms with Crippen molar-refractivity contribution in [3.05, 3.63) is 69.2 Å². The minimum absolute atomic E-state index is 0.0264. The Morgan fingerprint density at radius 2 is 1.75 bits per heavy atom. The summed E-state index contributed by atoms with van der Waals surface area (Å²) in [5.41, 5.74) is -0.210. The van der Waals surface area contributed by atoms with Gasteiger partial charge in [0.1, 0.15) is 12.6 Å². The van der Waals surface area contributed by atoms with Crippen LogP contribution >= 0.6 is 11.6 Å². The maximum absolute atomic E-state index is 13.6. The maximum Gasteiger partial charge on any atom is 0.271 e. The molecule has 10 nitrogen and oxygen atoms in total. The molecule has 2 amide bonds. The standard InChI is InChI=1S/C24H31ClN4O6S/c1-6-21(23(31)26-24(2,3)4)27(15-17-10-12-18(25)13-11-17)22(30)16-28(36(5,34)35)19-8-7-9-20(14-19)29(32)33/h7-14,21H,6,15-16H2,1-5H3,(H,26,31)/t21-/m1/s1. The number of nitro benzene ring substituents is 1. The Kier molecular flexibility index (Phi) is 9.44. The average molecular weight is 539 g/mol. The van der Waals surface area contributed by atoms with Crippen molar-refractivity contribution in [2.75, 3.05) is 17.1 Å². The number of non-ortho nitro benzene ring substituents is 1. The molecular weight excluding hydrogens is 508 g/mol. The molecule has 2 aromatic rings. The smallest absolute Gasteiger partial charge is 0.271 e. The van der Waals surface area contributed by atoms with Gasteiger partial charge in [-0.1, -0.05) is 36.7 Å². The van der Waals surface area contributed by atoms with Gasteiger partial charge < -0.3 is 10.2 Å². The minimum atomic E-state index is -4.00. The number of anilines is 1. The number of hydrogen-bond acceptors (Lipinski definition) is 6. The summed E-state index contributed by atoms with van der Waals surface area (Å²) in [6.07, 6.45) is 1.18. The number of sulfonamides is 1. The number of nitrogens with one attached hydrogen (secondary N) is 1. The largest absolute Gasteiger partial charge is 0.350 e. The quantitative estimate of drug-likeness (QED) is 0.362. The van der Waals surface area contributed by atoms with Crippen LogP contribution in [0.5, 0.6) is 0 Å². The average Bonchev–Trinajstić information content (AvgIpc) is 2.76. The molecule has 0 fully saturated rings. The molecule has 1 N–H and O–H groups in total. The number of halogens is 1. The van der Waals surface area contributed by atoms with Crippen LogP contribution in [0, 0.1) is 10.1 Å². The highest BCUT2D eigenvalue weighted by Gasteiger charge is 2.33. The van der Waals surface area contributed by atoms with Crippen molar-refractivity contribution in [2.24, 2.45) is 0 Å². The Balaban J connectivity index is 2.49. The molecule has 0 aliphatic rings. The predicted octanol–water partition coefficient (Wildman–Crippen LogP) is 3.74. The topological polar surface area (TPSA) is 130 Å². The van der Waals surface area contributed by atoms with Gasteiger partial charge in [0, 0.05) is 29.2 Å². The van der Waals surface area contributed by atoms with Crippen molar-refractivity contribution in [3.8, 4) is 0 Å². The molecule has 0 heterocycles. The normalized spacial score (nSPS) is 12.5. The van der Waals surface area contributed by atoms with Gasteiger partial charge in [-0.2, -0.15) is 0 Å². The lowest BCUT2D eigenvalue weighted by molar-refractivity contribution is -0.384. The summed E-state index contributed by atoms with van der Waals surface area (Å²) in [6, 6.07) is 10.9. The van der Waals surface area contributed by atoms with E-state index in [0.29, 0.717) is 10.6 Å². The Labute approximate surface area is 216 Å². The summed E-state index contributed by atoms with van der Waals surface area (Å²) in [7, 11) is -4.00. The third-order valence-corrected chi connectivity index (χ3v) is 6.55. The summed E-state index contributed by atoms with van der Waals surface area (Å²) in [5.74, 6) is -1.02. The van der Waals surface area contributed by atoms with Crippen LogP contribution in [0.4, 0.5) is 11.4 Å². The van der Waals surface area contributed by atoms with Crippen molar-refractivity contribution in [3.63, 3.8) is 0 Å².